The molecule has 0 aromatic carbocycles. The zero-order valence-electron chi connectivity index (χ0n) is 9.32. The van der Waals surface area contributed by atoms with Gasteiger partial charge in [-0.2, -0.15) is 0 Å². The van der Waals surface area contributed by atoms with Crippen LogP contribution in [0.3, 0.4) is 0 Å². The number of hydrogen-bond donors (Lipinski definition) is 0. The maximum Gasteiger partial charge on any atom is 0.0556 e. The van der Waals surface area contributed by atoms with E-state index in [1.165, 1.54) is 5.69 Å². The van der Waals surface area contributed by atoms with E-state index in [4.69, 9.17) is 0 Å². The minimum absolute atomic E-state index is 0. The summed E-state index contributed by atoms with van der Waals surface area (Å²) in [4.78, 5) is 6.46. The number of anilines is 1. The second-order valence-electron chi connectivity index (χ2n) is 4.13. The van der Waals surface area contributed by atoms with Gasteiger partial charge in [-0.05, 0) is 39.8 Å². The molecule has 1 aromatic rings. The third kappa shape index (κ3) is 3.18. The Hall–Kier alpha value is -0.760. The molecule has 0 aliphatic carbocycles. The van der Waals surface area contributed by atoms with Crippen LogP contribution in [0.4, 0.5) is 5.69 Å². The second kappa shape index (κ2) is 5.20. The molecule has 2 nitrogen and oxygen atoms in total. The van der Waals surface area contributed by atoms with Gasteiger partial charge in [-0.25, -0.2) is 0 Å². The molecule has 0 unspecified atom stereocenters. The topological polar surface area (TPSA) is 16.1 Å². The van der Waals surface area contributed by atoms with Crippen molar-refractivity contribution in [3.63, 3.8) is 0 Å². The van der Waals surface area contributed by atoms with E-state index in [0.717, 1.165) is 6.54 Å². The van der Waals surface area contributed by atoms with Crippen molar-refractivity contribution in [3.05, 3.63) is 24.5 Å². The van der Waals surface area contributed by atoms with Crippen LogP contribution in [0.5, 0.6) is 0 Å². The van der Waals surface area contributed by atoms with Gasteiger partial charge in [0, 0.05) is 18.3 Å². The lowest BCUT2D eigenvalue weighted by Crippen LogP contribution is -2.41. The lowest BCUT2D eigenvalue weighted by Gasteiger charge is -2.36. The molecular weight excluding hydrogens is 196 g/mol. The molecule has 3 heteroatoms. The van der Waals surface area contributed by atoms with Crippen molar-refractivity contribution in [2.45, 2.75) is 33.2 Å². The molecule has 1 heterocycles. The average molecular weight is 215 g/mol. The van der Waals surface area contributed by atoms with Gasteiger partial charge in [0.15, 0.2) is 0 Å². The fraction of sp³-hybridized carbons (Fsp3) is 0.545. The minimum atomic E-state index is 0. The van der Waals surface area contributed by atoms with Crippen molar-refractivity contribution in [2.24, 2.45) is 0 Å². The molecule has 0 aliphatic rings. The molecular formula is C11H19ClN2. The summed E-state index contributed by atoms with van der Waals surface area (Å²) in [5, 5.41) is 0. The lowest BCUT2D eigenvalue weighted by molar-refractivity contribution is 0.513. The van der Waals surface area contributed by atoms with Crippen molar-refractivity contribution in [1.29, 1.82) is 0 Å². The van der Waals surface area contributed by atoms with Gasteiger partial charge in [0.05, 0.1) is 11.9 Å². The third-order valence-electron chi connectivity index (χ3n) is 2.08. The Morgan fingerprint density at radius 1 is 1.36 bits per heavy atom. The van der Waals surface area contributed by atoms with Crippen LogP contribution >= 0.6 is 12.4 Å². The van der Waals surface area contributed by atoms with Crippen LogP contribution in [0.25, 0.3) is 0 Å². The van der Waals surface area contributed by atoms with Crippen LogP contribution in [-0.2, 0) is 0 Å². The summed E-state index contributed by atoms with van der Waals surface area (Å²) in [7, 11) is 0. The first-order valence-electron chi connectivity index (χ1n) is 4.73. The summed E-state index contributed by atoms with van der Waals surface area (Å²) in [5.41, 5.74) is 1.36. The molecule has 0 fully saturated rings. The molecule has 0 bridgehead atoms. The zero-order valence-corrected chi connectivity index (χ0v) is 10.1. The van der Waals surface area contributed by atoms with Crippen molar-refractivity contribution >= 4 is 18.1 Å². The van der Waals surface area contributed by atoms with Gasteiger partial charge in [-0.3, -0.25) is 4.98 Å². The van der Waals surface area contributed by atoms with Gasteiger partial charge >= 0.3 is 0 Å². The van der Waals surface area contributed by atoms with Crippen LogP contribution in [0, 0.1) is 0 Å². The second-order valence-corrected chi connectivity index (χ2v) is 4.13. The molecule has 80 valence electrons. The van der Waals surface area contributed by atoms with Crippen LogP contribution < -0.4 is 4.90 Å². The molecule has 0 saturated heterocycles. The summed E-state index contributed by atoms with van der Waals surface area (Å²) in [6, 6.07) is 4.07. The summed E-state index contributed by atoms with van der Waals surface area (Å²) < 4.78 is 0. The molecule has 0 saturated carbocycles. The normalized spacial score (nSPS) is 10.6. The summed E-state index contributed by atoms with van der Waals surface area (Å²) in [6.07, 6.45) is 3.72. The monoisotopic (exact) mass is 214 g/mol. The molecule has 14 heavy (non-hydrogen) atoms. The Labute approximate surface area is 92.8 Å². The molecule has 0 N–H and O–H groups in total. The quantitative estimate of drug-likeness (QED) is 0.752. The maximum atomic E-state index is 4.13. The highest BCUT2D eigenvalue weighted by Crippen LogP contribution is 2.21. The van der Waals surface area contributed by atoms with Crippen molar-refractivity contribution in [3.8, 4) is 0 Å². The van der Waals surface area contributed by atoms with Crippen molar-refractivity contribution < 1.29 is 0 Å². The molecule has 0 spiro atoms. The van der Waals surface area contributed by atoms with E-state index in [1.807, 2.05) is 12.3 Å². The Bertz CT molecular complexity index is 254. The highest BCUT2D eigenvalue weighted by Gasteiger charge is 2.19. The number of rotatable bonds is 2. The molecule has 1 aromatic heterocycles. The van der Waals surface area contributed by atoms with E-state index in [9.17, 15) is 0 Å². The van der Waals surface area contributed by atoms with Gasteiger partial charge in [-0.1, -0.05) is 0 Å². The van der Waals surface area contributed by atoms with Gasteiger partial charge < -0.3 is 4.90 Å². The lowest BCUT2D eigenvalue weighted by atomic mass is 10.1. The average Bonchev–Trinajstić information content (AvgIpc) is 2.05. The van der Waals surface area contributed by atoms with Gasteiger partial charge in [-0.15, -0.1) is 12.4 Å². The van der Waals surface area contributed by atoms with E-state index in [0.29, 0.717) is 0 Å². The third-order valence-corrected chi connectivity index (χ3v) is 2.08. The van der Waals surface area contributed by atoms with E-state index < -0.39 is 0 Å². The van der Waals surface area contributed by atoms with E-state index in [-0.39, 0.29) is 17.9 Å². The summed E-state index contributed by atoms with van der Waals surface area (Å²) in [5.74, 6) is 0. The predicted octanol–water partition coefficient (Wildman–Crippen LogP) is 3.13. The predicted molar refractivity (Wildman–Crippen MR) is 64.3 cm³/mol. The smallest absolute Gasteiger partial charge is 0.0556 e. The largest absolute Gasteiger partial charge is 0.366 e. The highest BCUT2D eigenvalue weighted by molar-refractivity contribution is 5.85. The van der Waals surface area contributed by atoms with Gasteiger partial charge in [0.1, 0.15) is 0 Å². The molecule has 0 atom stereocenters. The van der Waals surface area contributed by atoms with Crippen molar-refractivity contribution in [1.82, 2.24) is 4.98 Å². The Kier molecular flexibility index (Phi) is 4.92. The number of aromatic nitrogens is 1. The standard InChI is InChI=1S/C11H18N2.ClH/c1-5-13(11(2,3)4)10-7-6-8-12-9-10;/h6-9H,5H2,1-4H3;1H. The maximum absolute atomic E-state index is 4.13. The Morgan fingerprint density at radius 2 is 2.00 bits per heavy atom. The Balaban J connectivity index is 0.00000169. The summed E-state index contributed by atoms with van der Waals surface area (Å²) >= 11 is 0. The van der Waals surface area contributed by atoms with Crippen LogP contribution in [0.1, 0.15) is 27.7 Å². The van der Waals surface area contributed by atoms with Crippen LogP contribution in [0.2, 0.25) is 0 Å². The number of pyridine rings is 1. The highest BCUT2D eigenvalue weighted by atomic mass is 35.5. The number of hydrogen-bond acceptors (Lipinski definition) is 2. The van der Waals surface area contributed by atoms with Crippen LogP contribution in [-0.4, -0.2) is 17.1 Å². The first-order valence-corrected chi connectivity index (χ1v) is 4.73. The first-order chi connectivity index (χ1) is 6.05. The fourth-order valence-electron chi connectivity index (χ4n) is 1.56. The molecule has 0 radical (unpaired) electrons. The minimum Gasteiger partial charge on any atom is -0.366 e. The van der Waals surface area contributed by atoms with E-state index in [1.54, 1.807) is 6.20 Å². The van der Waals surface area contributed by atoms with E-state index >= 15 is 0 Å². The Morgan fingerprint density at radius 3 is 2.36 bits per heavy atom. The number of halogens is 1. The molecule has 1 rings (SSSR count). The van der Waals surface area contributed by atoms with E-state index in [2.05, 4.69) is 43.6 Å². The summed E-state index contributed by atoms with van der Waals surface area (Å²) in [6.45, 7) is 9.81. The van der Waals surface area contributed by atoms with Gasteiger partial charge in [0.25, 0.3) is 0 Å². The number of nitrogens with zero attached hydrogens (tertiary/aromatic N) is 2. The SMILES string of the molecule is CCN(c1cccnc1)C(C)(C)C.Cl. The molecule has 0 amide bonds. The fourth-order valence-corrected chi connectivity index (χ4v) is 1.56. The van der Waals surface area contributed by atoms with Gasteiger partial charge in [0.2, 0.25) is 0 Å². The van der Waals surface area contributed by atoms with Crippen LogP contribution in [0.15, 0.2) is 24.5 Å². The first kappa shape index (κ1) is 13.2. The molecule has 0 aliphatic heterocycles. The van der Waals surface area contributed by atoms with Crippen molar-refractivity contribution in [2.75, 3.05) is 11.4 Å². The zero-order chi connectivity index (χ0) is 9.90.